The lowest BCUT2D eigenvalue weighted by atomic mass is 10.1. The molecule has 26 heavy (non-hydrogen) atoms. The number of nitrogens with zero attached hydrogens (tertiary/aromatic N) is 3. The van der Waals surface area contributed by atoms with Gasteiger partial charge in [0.1, 0.15) is 0 Å². The van der Waals surface area contributed by atoms with Crippen molar-refractivity contribution in [3.8, 4) is 0 Å². The van der Waals surface area contributed by atoms with Crippen molar-refractivity contribution >= 4 is 12.1 Å². The molecule has 0 unspecified atom stereocenters. The Balaban J connectivity index is 1.37. The lowest BCUT2D eigenvalue weighted by Crippen LogP contribution is -2.48. The fourth-order valence-electron chi connectivity index (χ4n) is 3.01. The monoisotopic (exact) mass is 350 g/mol. The van der Waals surface area contributed by atoms with Crippen LogP contribution >= 0.6 is 0 Å². The molecule has 1 saturated heterocycles. The highest BCUT2D eigenvalue weighted by Gasteiger charge is 2.18. The van der Waals surface area contributed by atoms with Gasteiger partial charge < -0.3 is 0 Å². The van der Waals surface area contributed by atoms with Gasteiger partial charge in [-0.15, -0.1) is 0 Å². The van der Waals surface area contributed by atoms with Crippen molar-refractivity contribution in [3.63, 3.8) is 0 Å². The Bertz CT molecular complexity index is 719. The Kier molecular flexibility index (Phi) is 6.52. The molecule has 0 aliphatic carbocycles. The number of carbonyl (C=O) groups excluding carboxylic acids is 1. The number of hydrogen-bond donors (Lipinski definition) is 1. The fourth-order valence-corrected chi connectivity index (χ4v) is 3.01. The molecule has 0 aromatic heterocycles. The summed E-state index contributed by atoms with van der Waals surface area (Å²) in [7, 11) is 0. The zero-order valence-electron chi connectivity index (χ0n) is 15.3. The van der Waals surface area contributed by atoms with Gasteiger partial charge in [0.2, 0.25) is 0 Å². The Morgan fingerprint density at radius 1 is 1.00 bits per heavy atom. The quantitative estimate of drug-likeness (QED) is 0.642. The summed E-state index contributed by atoms with van der Waals surface area (Å²) in [6, 6.07) is 18.4. The predicted molar refractivity (Wildman–Crippen MR) is 105 cm³/mol. The molecule has 1 N–H and O–H groups in total. The van der Waals surface area contributed by atoms with E-state index < -0.39 is 0 Å². The molecule has 5 nitrogen and oxygen atoms in total. The molecule has 0 atom stereocenters. The predicted octanol–water partition coefficient (Wildman–Crippen LogP) is 2.26. The van der Waals surface area contributed by atoms with Gasteiger partial charge in [0, 0.05) is 32.7 Å². The Hall–Kier alpha value is -2.50. The number of aryl methyl sites for hydroxylation is 1. The molecule has 0 spiro atoms. The second-order valence-corrected chi connectivity index (χ2v) is 6.74. The van der Waals surface area contributed by atoms with Crippen molar-refractivity contribution < 1.29 is 4.79 Å². The minimum atomic E-state index is -0.0656. The van der Waals surface area contributed by atoms with Crippen LogP contribution in [0.3, 0.4) is 0 Å². The van der Waals surface area contributed by atoms with Crippen LogP contribution < -0.4 is 5.43 Å². The largest absolute Gasteiger partial charge is 0.297 e. The van der Waals surface area contributed by atoms with Crippen molar-refractivity contribution in [2.24, 2.45) is 5.10 Å². The molecule has 1 aliphatic rings. The minimum absolute atomic E-state index is 0.0656. The summed E-state index contributed by atoms with van der Waals surface area (Å²) in [6.07, 6.45) is 1.66. The van der Waals surface area contributed by atoms with Gasteiger partial charge >= 0.3 is 0 Å². The van der Waals surface area contributed by atoms with E-state index >= 15 is 0 Å². The van der Waals surface area contributed by atoms with Gasteiger partial charge in [0.15, 0.2) is 0 Å². The van der Waals surface area contributed by atoms with Gasteiger partial charge in [0.05, 0.1) is 12.8 Å². The van der Waals surface area contributed by atoms with Crippen LogP contribution in [0.15, 0.2) is 59.7 Å². The van der Waals surface area contributed by atoms with E-state index in [1.54, 1.807) is 6.21 Å². The number of piperazine rings is 1. The van der Waals surface area contributed by atoms with Crippen molar-refractivity contribution in [1.29, 1.82) is 0 Å². The molecule has 0 radical (unpaired) electrons. The number of hydrazone groups is 1. The van der Waals surface area contributed by atoms with E-state index in [-0.39, 0.29) is 5.91 Å². The molecule has 1 amide bonds. The first-order chi connectivity index (χ1) is 12.7. The van der Waals surface area contributed by atoms with E-state index in [0.29, 0.717) is 6.54 Å². The molecular formula is C21H26N4O. The molecule has 2 aromatic rings. The first-order valence-electron chi connectivity index (χ1n) is 9.06. The standard InChI is InChI=1S/C21H26N4O/c1-18-7-9-20(10-8-18)16-24-11-13-25(14-12-24)17-21(26)23-22-15-19-5-3-2-4-6-19/h2-10,15H,11-14,16-17H2,1H3,(H,23,26). The zero-order valence-corrected chi connectivity index (χ0v) is 15.3. The first kappa shape index (κ1) is 18.3. The summed E-state index contributed by atoms with van der Waals surface area (Å²) in [6.45, 7) is 7.25. The first-order valence-corrected chi connectivity index (χ1v) is 9.06. The molecule has 136 valence electrons. The number of amides is 1. The van der Waals surface area contributed by atoms with Crippen molar-refractivity contribution in [2.45, 2.75) is 13.5 Å². The van der Waals surface area contributed by atoms with E-state index in [1.807, 2.05) is 30.3 Å². The third-order valence-corrected chi connectivity index (χ3v) is 4.56. The van der Waals surface area contributed by atoms with Gasteiger partial charge in [-0.1, -0.05) is 60.2 Å². The van der Waals surface area contributed by atoms with Crippen LogP contribution in [0.4, 0.5) is 0 Å². The van der Waals surface area contributed by atoms with Gasteiger partial charge in [-0.25, -0.2) is 5.43 Å². The summed E-state index contributed by atoms with van der Waals surface area (Å²) in [5.74, 6) is -0.0656. The molecule has 3 rings (SSSR count). The molecule has 1 fully saturated rings. The van der Waals surface area contributed by atoms with Gasteiger partial charge in [0.25, 0.3) is 5.91 Å². The number of benzene rings is 2. The summed E-state index contributed by atoms with van der Waals surface area (Å²) in [4.78, 5) is 16.6. The smallest absolute Gasteiger partial charge is 0.254 e. The van der Waals surface area contributed by atoms with Crippen molar-refractivity contribution in [2.75, 3.05) is 32.7 Å². The molecular weight excluding hydrogens is 324 g/mol. The molecule has 2 aromatic carbocycles. The second kappa shape index (κ2) is 9.27. The average molecular weight is 350 g/mol. The Morgan fingerprint density at radius 3 is 2.35 bits per heavy atom. The summed E-state index contributed by atoms with van der Waals surface area (Å²) < 4.78 is 0. The number of nitrogens with one attached hydrogen (secondary N) is 1. The maximum atomic E-state index is 12.0. The normalized spacial score (nSPS) is 16.0. The third-order valence-electron chi connectivity index (χ3n) is 4.56. The van der Waals surface area contributed by atoms with Crippen LogP contribution in [-0.2, 0) is 11.3 Å². The second-order valence-electron chi connectivity index (χ2n) is 6.74. The van der Waals surface area contributed by atoms with Crippen LogP contribution in [-0.4, -0.2) is 54.6 Å². The molecule has 1 heterocycles. The van der Waals surface area contributed by atoms with E-state index in [9.17, 15) is 4.79 Å². The third kappa shape index (κ3) is 5.79. The zero-order chi connectivity index (χ0) is 18.2. The highest BCUT2D eigenvalue weighted by molar-refractivity contribution is 5.83. The number of rotatable bonds is 6. The summed E-state index contributed by atoms with van der Waals surface area (Å²) in [5, 5.41) is 4.02. The fraction of sp³-hybridized carbons (Fsp3) is 0.333. The Morgan fingerprint density at radius 2 is 1.65 bits per heavy atom. The number of hydrogen-bond acceptors (Lipinski definition) is 4. The lowest BCUT2D eigenvalue weighted by Gasteiger charge is -2.34. The van der Waals surface area contributed by atoms with E-state index in [0.717, 1.165) is 38.3 Å². The van der Waals surface area contributed by atoms with E-state index in [4.69, 9.17) is 0 Å². The van der Waals surface area contributed by atoms with Crippen LogP contribution in [0.1, 0.15) is 16.7 Å². The SMILES string of the molecule is Cc1ccc(CN2CCN(CC(=O)NN=Cc3ccccc3)CC2)cc1. The van der Waals surface area contributed by atoms with E-state index in [2.05, 4.69) is 51.5 Å². The van der Waals surface area contributed by atoms with E-state index in [1.165, 1.54) is 11.1 Å². The van der Waals surface area contributed by atoms with Gasteiger partial charge in [-0.2, -0.15) is 5.10 Å². The average Bonchev–Trinajstić information content (AvgIpc) is 2.66. The summed E-state index contributed by atoms with van der Waals surface area (Å²) >= 11 is 0. The van der Waals surface area contributed by atoms with Crippen LogP contribution in [0, 0.1) is 6.92 Å². The molecule has 0 saturated carbocycles. The maximum Gasteiger partial charge on any atom is 0.254 e. The molecule has 1 aliphatic heterocycles. The topological polar surface area (TPSA) is 47.9 Å². The van der Waals surface area contributed by atoms with Gasteiger partial charge in [-0.05, 0) is 18.1 Å². The highest BCUT2D eigenvalue weighted by Crippen LogP contribution is 2.09. The number of carbonyl (C=O) groups is 1. The minimum Gasteiger partial charge on any atom is -0.297 e. The van der Waals surface area contributed by atoms with Crippen molar-refractivity contribution in [1.82, 2.24) is 15.2 Å². The van der Waals surface area contributed by atoms with Crippen LogP contribution in [0.25, 0.3) is 0 Å². The lowest BCUT2D eigenvalue weighted by molar-refractivity contribution is -0.122. The van der Waals surface area contributed by atoms with Crippen LogP contribution in [0.2, 0.25) is 0 Å². The molecule has 5 heteroatoms. The Labute approximate surface area is 155 Å². The maximum absolute atomic E-state index is 12.0. The molecule has 0 bridgehead atoms. The van der Waals surface area contributed by atoms with Crippen molar-refractivity contribution in [3.05, 3.63) is 71.3 Å². The summed E-state index contributed by atoms with van der Waals surface area (Å²) in [5.41, 5.74) is 6.22. The van der Waals surface area contributed by atoms with Crippen LogP contribution in [0.5, 0.6) is 0 Å². The van der Waals surface area contributed by atoms with Gasteiger partial charge in [-0.3, -0.25) is 14.6 Å². The highest BCUT2D eigenvalue weighted by atomic mass is 16.2.